The van der Waals surface area contributed by atoms with Gasteiger partial charge >= 0.3 is 0 Å². The third kappa shape index (κ3) is 5.64. The lowest BCUT2D eigenvalue weighted by atomic mass is 10.3. The Balaban J connectivity index is 0.000000424. The summed E-state index contributed by atoms with van der Waals surface area (Å²) in [6.07, 6.45) is 1.25. The normalized spacial score (nSPS) is 17.7. The standard InChI is InChI=1S/C7H14N2O.C3H8/c1-7(10)9-5-3-8(2)4-6-9;1-3-2/h3-6H2,1-2H3;3H2,1-2H3. The van der Waals surface area contributed by atoms with Crippen LogP contribution >= 0.6 is 0 Å². The van der Waals surface area contributed by atoms with E-state index in [4.69, 9.17) is 0 Å². The molecule has 1 rings (SSSR count). The zero-order valence-corrected chi connectivity index (χ0v) is 9.34. The molecule has 1 saturated heterocycles. The van der Waals surface area contributed by atoms with Crippen molar-refractivity contribution < 1.29 is 4.79 Å². The van der Waals surface area contributed by atoms with E-state index >= 15 is 0 Å². The SMILES string of the molecule is CC(=O)N1CCN(C)CC1.CCC. The number of hydrogen-bond acceptors (Lipinski definition) is 2. The summed E-state index contributed by atoms with van der Waals surface area (Å²) < 4.78 is 0. The summed E-state index contributed by atoms with van der Waals surface area (Å²) >= 11 is 0. The average molecular weight is 186 g/mol. The summed E-state index contributed by atoms with van der Waals surface area (Å²) in [5.74, 6) is 0.202. The third-order valence-electron chi connectivity index (χ3n) is 1.95. The van der Waals surface area contributed by atoms with Crippen molar-refractivity contribution in [3.8, 4) is 0 Å². The van der Waals surface area contributed by atoms with Gasteiger partial charge in [0.2, 0.25) is 5.91 Å². The maximum absolute atomic E-state index is 10.8. The minimum Gasteiger partial charge on any atom is -0.340 e. The van der Waals surface area contributed by atoms with E-state index < -0.39 is 0 Å². The zero-order valence-electron chi connectivity index (χ0n) is 9.34. The predicted octanol–water partition coefficient (Wildman–Crippen LogP) is 1.20. The predicted molar refractivity (Wildman–Crippen MR) is 55.7 cm³/mol. The lowest BCUT2D eigenvalue weighted by molar-refractivity contribution is -0.130. The molecule has 0 saturated carbocycles. The van der Waals surface area contributed by atoms with Crippen molar-refractivity contribution in [2.45, 2.75) is 27.2 Å². The summed E-state index contributed by atoms with van der Waals surface area (Å²) in [7, 11) is 2.08. The number of nitrogens with zero attached hydrogens (tertiary/aromatic N) is 2. The minimum atomic E-state index is 0.202. The number of hydrogen-bond donors (Lipinski definition) is 0. The fourth-order valence-electron chi connectivity index (χ4n) is 1.12. The van der Waals surface area contributed by atoms with Crippen molar-refractivity contribution in [1.29, 1.82) is 0 Å². The molecule has 0 unspecified atom stereocenters. The maximum atomic E-state index is 10.8. The molecule has 0 aromatic heterocycles. The van der Waals surface area contributed by atoms with Gasteiger partial charge in [-0.25, -0.2) is 0 Å². The average Bonchev–Trinajstić information content (AvgIpc) is 2.06. The molecule has 0 radical (unpaired) electrons. The number of piperazine rings is 1. The van der Waals surface area contributed by atoms with Crippen LogP contribution in [0.15, 0.2) is 0 Å². The van der Waals surface area contributed by atoms with E-state index in [1.165, 1.54) is 6.42 Å². The number of carbonyl (C=O) groups excluding carboxylic acids is 1. The molecule has 78 valence electrons. The first kappa shape index (κ1) is 12.4. The van der Waals surface area contributed by atoms with Gasteiger partial charge in [-0.15, -0.1) is 0 Å². The second-order valence-electron chi connectivity index (χ2n) is 3.52. The summed E-state index contributed by atoms with van der Waals surface area (Å²) in [6.45, 7) is 9.70. The van der Waals surface area contributed by atoms with E-state index in [2.05, 4.69) is 25.8 Å². The van der Waals surface area contributed by atoms with Crippen LogP contribution in [0.1, 0.15) is 27.2 Å². The van der Waals surface area contributed by atoms with Crippen molar-refractivity contribution in [3.05, 3.63) is 0 Å². The van der Waals surface area contributed by atoms with E-state index in [1.54, 1.807) is 6.92 Å². The summed E-state index contributed by atoms with van der Waals surface area (Å²) in [4.78, 5) is 14.9. The zero-order chi connectivity index (χ0) is 10.3. The van der Waals surface area contributed by atoms with E-state index in [-0.39, 0.29) is 5.91 Å². The molecule has 0 N–H and O–H groups in total. The van der Waals surface area contributed by atoms with Gasteiger partial charge < -0.3 is 9.80 Å². The second-order valence-corrected chi connectivity index (χ2v) is 3.52. The molecule has 1 aliphatic heterocycles. The molecular formula is C10H22N2O. The van der Waals surface area contributed by atoms with Gasteiger partial charge in [-0.3, -0.25) is 4.79 Å². The van der Waals surface area contributed by atoms with Gasteiger partial charge in [0.05, 0.1) is 0 Å². The molecule has 0 atom stereocenters. The molecule has 3 nitrogen and oxygen atoms in total. The van der Waals surface area contributed by atoms with Gasteiger partial charge in [-0.2, -0.15) is 0 Å². The molecule has 0 aromatic rings. The third-order valence-corrected chi connectivity index (χ3v) is 1.95. The topological polar surface area (TPSA) is 23.6 Å². The summed E-state index contributed by atoms with van der Waals surface area (Å²) in [6, 6.07) is 0. The summed E-state index contributed by atoms with van der Waals surface area (Å²) in [5, 5.41) is 0. The van der Waals surface area contributed by atoms with Crippen LogP contribution in [0.25, 0.3) is 0 Å². The van der Waals surface area contributed by atoms with Crippen LogP contribution in [0.3, 0.4) is 0 Å². The molecule has 1 amide bonds. The molecule has 1 heterocycles. The van der Waals surface area contributed by atoms with Gasteiger partial charge in [0.25, 0.3) is 0 Å². The lowest BCUT2D eigenvalue weighted by Gasteiger charge is -2.31. The molecule has 0 aliphatic carbocycles. The van der Waals surface area contributed by atoms with Crippen molar-refractivity contribution >= 4 is 5.91 Å². The highest BCUT2D eigenvalue weighted by Crippen LogP contribution is 1.98. The Kier molecular flexibility index (Phi) is 6.59. The summed E-state index contributed by atoms with van der Waals surface area (Å²) in [5.41, 5.74) is 0. The van der Waals surface area contributed by atoms with E-state index in [0.29, 0.717) is 0 Å². The van der Waals surface area contributed by atoms with Crippen LogP contribution in [0.5, 0.6) is 0 Å². The number of carbonyl (C=O) groups is 1. The van der Waals surface area contributed by atoms with Crippen molar-refractivity contribution in [1.82, 2.24) is 9.80 Å². The quantitative estimate of drug-likeness (QED) is 0.567. The molecule has 0 bridgehead atoms. The molecule has 1 fully saturated rings. The van der Waals surface area contributed by atoms with Crippen molar-refractivity contribution in [3.63, 3.8) is 0 Å². The van der Waals surface area contributed by atoms with E-state index in [9.17, 15) is 4.79 Å². The highest BCUT2D eigenvalue weighted by atomic mass is 16.2. The Morgan fingerprint density at radius 3 is 1.85 bits per heavy atom. The van der Waals surface area contributed by atoms with Crippen LogP contribution in [-0.2, 0) is 4.79 Å². The Morgan fingerprint density at radius 1 is 1.15 bits per heavy atom. The first-order valence-corrected chi connectivity index (χ1v) is 5.05. The number of amides is 1. The smallest absolute Gasteiger partial charge is 0.219 e. The van der Waals surface area contributed by atoms with Gasteiger partial charge in [0.15, 0.2) is 0 Å². The first-order valence-electron chi connectivity index (χ1n) is 5.05. The molecule has 3 heteroatoms. The van der Waals surface area contributed by atoms with Crippen molar-refractivity contribution in [2.75, 3.05) is 33.2 Å². The van der Waals surface area contributed by atoms with Gasteiger partial charge in [-0.1, -0.05) is 20.3 Å². The van der Waals surface area contributed by atoms with Gasteiger partial charge in [0, 0.05) is 33.1 Å². The molecular weight excluding hydrogens is 164 g/mol. The molecule has 0 spiro atoms. The maximum Gasteiger partial charge on any atom is 0.219 e. The minimum absolute atomic E-state index is 0.202. The fourth-order valence-corrected chi connectivity index (χ4v) is 1.12. The number of likely N-dealkylation sites (N-methyl/N-ethyl adjacent to an activating group) is 1. The van der Waals surface area contributed by atoms with Gasteiger partial charge in [0.1, 0.15) is 0 Å². The van der Waals surface area contributed by atoms with Crippen LogP contribution in [-0.4, -0.2) is 48.9 Å². The molecule has 0 aromatic carbocycles. The van der Waals surface area contributed by atoms with E-state index in [0.717, 1.165) is 26.2 Å². The Hall–Kier alpha value is -0.570. The molecule has 13 heavy (non-hydrogen) atoms. The largest absolute Gasteiger partial charge is 0.340 e. The Labute approximate surface area is 81.7 Å². The fraction of sp³-hybridized carbons (Fsp3) is 0.900. The highest BCUT2D eigenvalue weighted by Gasteiger charge is 2.14. The van der Waals surface area contributed by atoms with Crippen LogP contribution < -0.4 is 0 Å². The van der Waals surface area contributed by atoms with Gasteiger partial charge in [-0.05, 0) is 7.05 Å². The van der Waals surface area contributed by atoms with E-state index in [1.807, 2.05) is 4.90 Å². The van der Waals surface area contributed by atoms with Crippen LogP contribution in [0, 0.1) is 0 Å². The number of rotatable bonds is 0. The Morgan fingerprint density at radius 2 is 1.54 bits per heavy atom. The second kappa shape index (κ2) is 6.89. The highest BCUT2D eigenvalue weighted by molar-refractivity contribution is 5.73. The van der Waals surface area contributed by atoms with Crippen LogP contribution in [0.2, 0.25) is 0 Å². The molecule has 1 aliphatic rings. The van der Waals surface area contributed by atoms with Crippen LogP contribution in [0.4, 0.5) is 0 Å². The lowest BCUT2D eigenvalue weighted by Crippen LogP contribution is -2.46. The monoisotopic (exact) mass is 186 g/mol. The first-order chi connectivity index (χ1) is 6.11. The van der Waals surface area contributed by atoms with Crippen molar-refractivity contribution in [2.24, 2.45) is 0 Å². The Bertz CT molecular complexity index is 140.